The summed E-state index contributed by atoms with van der Waals surface area (Å²) in [7, 11) is 0. The van der Waals surface area contributed by atoms with E-state index in [9.17, 15) is 31.1 Å². The molecule has 0 aliphatic carbocycles. The van der Waals surface area contributed by atoms with Crippen molar-refractivity contribution in [2.24, 2.45) is 0 Å². The number of halogens is 6. The highest BCUT2D eigenvalue weighted by molar-refractivity contribution is 6.04. The molecule has 0 saturated carbocycles. The molecular weight excluding hydrogens is 770 g/mol. The van der Waals surface area contributed by atoms with Crippen LogP contribution >= 0.6 is 0 Å². The van der Waals surface area contributed by atoms with Gasteiger partial charge in [0.15, 0.2) is 0 Å². The summed E-state index contributed by atoms with van der Waals surface area (Å²) in [5.41, 5.74) is 2.14. The largest absolute Gasteiger partial charge is 0.490 e. The van der Waals surface area contributed by atoms with Crippen molar-refractivity contribution < 1.29 is 41.0 Å². The Bertz CT molecular complexity index is 2060. The maximum atomic E-state index is 14.1. The summed E-state index contributed by atoms with van der Waals surface area (Å²) in [4.78, 5) is 46.7. The summed E-state index contributed by atoms with van der Waals surface area (Å²) in [6.07, 6.45) is -2.78. The lowest BCUT2D eigenvalue weighted by atomic mass is 10.0. The van der Waals surface area contributed by atoms with Crippen LogP contribution in [0.3, 0.4) is 0 Å². The second-order valence-corrected chi connectivity index (χ2v) is 13.6. The molecule has 0 spiro atoms. The van der Waals surface area contributed by atoms with E-state index in [1.54, 1.807) is 36.7 Å². The second kappa shape index (κ2) is 19.2. The van der Waals surface area contributed by atoms with Crippen LogP contribution in [0.5, 0.6) is 0 Å². The molecule has 0 radical (unpaired) electrons. The number of likely N-dealkylation sites (N-methyl/N-ethyl adjacent to an activating group) is 1. The standard InChI is InChI=1S/C37H43F3N10O.C2HF3O2/c1-4-48-15-17-49(18-16-48)24-29-8-9-30(20-32(29)37(38,39)40)46-36(51)28-6-5-25(2)27(19-28)7-10-31-22-43-34(23-42-31)47-33-21-35(45-26(3)44-33)50-13-11-41-12-14-50;3-2(4,5)1(6)7/h5-10,19-23,41H,4,11-18,24H2,1-3H3,(H,46,51)(H,43,44,45,47);(H,6,7)/b10-7+;. The van der Waals surface area contributed by atoms with Crippen LogP contribution in [0.1, 0.15) is 51.1 Å². The number of anilines is 4. The Kier molecular flexibility index (Phi) is 14.4. The average molecular weight is 815 g/mol. The monoisotopic (exact) mass is 814 g/mol. The number of carboxylic acids is 1. The number of piperazine rings is 2. The lowest BCUT2D eigenvalue weighted by Crippen LogP contribution is -2.45. The number of carbonyl (C=O) groups excluding carboxylic acids is 1. The van der Waals surface area contributed by atoms with E-state index in [1.807, 2.05) is 30.9 Å². The van der Waals surface area contributed by atoms with Crippen molar-refractivity contribution in [2.75, 3.05) is 74.4 Å². The molecule has 2 aliphatic heterocycles. The summed E-state index contributed by atoms with van der Waals surface area (Å²) in [5.74, 6) is -0.581. The van der Waals surface area contributed by atoms with Gasteiger partial charge in [-0.25, -0.2) is 19.7 Å². The quantitative estimate of drug-likeness (QED) is 0.134. The van der Waals surface area contributed by atoms with Gasteiger partial charge in [0.1, 0.15) is 23.3 Å². The summed E-state index contributed by atoms with van der Waals surface area (Å²) in [6, 6.07) is 11.1. The zero-order chi connectivity index (χ0) is 42.0. The molecule has 1 amide bonds. The third-order valence-electron chi connectivity index (χ3n) is 9.39. The van der Waals surface area contributed by atoms with Gasteiger partial charge in [-0.2, -0.15) is 26.3 Å². The van der Waals surface area contributed by atoms with E-state index in [0.717, 1.165) is 68.8 Å². The molecule has 2 aromatic heterocycles. The maximum absolute atomic E-state index is 14.1. The molecule has 2 aromatic carbocycles. The Morgan fingerprint density at radius 2 is 1.53 bits per heavy atom. The average Bonchev–Trinajstić information content (AvgIpc) is 3.18. The Balaban J connectivity index is 0.000000839. The van der Waals surface area contributed by atoms with Gasteiger partial charge < -0.3 is 30.9 Å². The number of aliphatic carboxylic acids is 1. The van der Waals surface area contributed by atoms with Crippen LogP contribution in [0.25, 0.3) is 12.2 Å². The van der Waals surface area contributed by atoms with Crippen molar-refractivity contribution >= 4 is 47.2 Å². The van der Waals surface area contributed by atoms with E-state index in [-0.39, 0.29) is 17.8 Å². The molecular formula is C39H44F6N10O3. The van der Waals surface area contributed by atoms with E-state index in [4.69, 9.17) is 9.90 Å². The minimum absolute atomic E-state index is 0.0886. The molecule has 310 valence electrons. The topological polar surface area (TPSA) is 152 Å². The van der Waals surface area contributed by atoms with Crippen LogP contribution in [-0.2, 0) is 17.5 Å². The van der Waals surface area contributed by atoms with Gasteiger partial charge in [-0.3, -0.25) is 14.7 Å². The highest BCUT2D eigenvalue weighted by Gasteiger charge is 2.38. The number of hydrogen-bond acceptors (Lipinski definition) is 11. The van der Waals surface area contributed by atoms with Crippen LogP contribution in [0.4, 0.5) is 49.5 Å². The summed E-state index contributed by atoms with van der Waals surface area (Å²) in [5, 5.41) is 16.3. The number of nitrogens with one attached hydrogen (secondary N) is 3. The number of rotatable bonds is 10. The van der Waals surface area contributed by atoms with Crippen LogP contribution in [0, 0.1) is 13.8 Å². The Morgan fingerprint density at radius 3 is 2.16 bits per heavy atom. The van der Waals surface area contributed by atoms with Gasteiger partial charge in [-0.05, 0) is 67.4 Å². The first-order valence-electron chi connectivity index (χ1n) is 18.4. The van der Waals surface area contributed by atoms with E-state index in [0.29, 0.717) is 41.8 Å². The van der Waals surface area contributed by atoms with Crippen molar-refractivity contribution in [3.63, 3.8) is 0 Å². The third-order valence-corrected chi connectivity index (χ3v) is 9.39. The lowest BCUT2D eigenvalue weighted by Gasteiger charge is -2.34. The number of aryl methyl sites for hydroxylation is 2. The summed E-state index contributed by atoms with van der Waals surface area (Å²) in [6.45, 7) is 13.6. The van der Waals surface area contributed by atoms with E-state index >= 15 is 0 Å². The van der Waals surface area contributed by atoms with Crippen LogP contribution in [-0.4, -0.2) is 112 Å². The van der Waals surface area contributed by atoms with Crippen molar-refractivity contribution in [1.82, 2.24) is 35.1 Å². The molecule has 4 heterocycles. The van der Waals surface area contributed by atoms with Crippen molar-refractivity contribution in [3.05, 3.63) is 94.2 Å². The molecule has 13 nitrogen and oxygen atoms in total. The van der Waals surface area contributed by atoms with Gasteiger partial charge >= 0.3 is 18.3 Å². The first kappa shape index (κ1) is 43.5. The summed E-state index contributed by atoms with van der Waals surface area (Å²) < 4.78 is 74.1. The number of carbonyl (C=O) groups is 2. The zero-order valence-corrected chi connectivity index (χ0v) is 32.1. The van der Waals surface area contributed by atoms with Gasteiger partial charge in [0.05, 0.1) is 23.7 Å². The number of aromatic nitrogens is 4. The number of alkyl halides is 6. The van der Waals surface area contributed by atoms with Crippen LogP contribution in [0.15, 0.2) is 54.9 Å². The summed E-state index contributed by atoms with van der Waals surface area (Å²) >= 11 is 0. The predicted molar refractivity (Wildman–Crippen MR) is 208 cm³/mol. The molecule has 0 bridgehead atoms. The van der Waals surface area contributed by atoms with E-state index in [2.05, 4.69) is 52.6 Å². The molecule has 0 unspecified atom stereocenters. The number of carboxylic acid groups (broad SMARTS) is 1. The van der Waals surface area contributed by atoms with Gasteiger partial charge in [-0.15, -0.1) is 0 Å². The predicted octanol–water partition coefficient (Wildman–Crippen LogP) is 6.25. The fourth-order valence-corrected chi connectivity index (χ4v) is 6.19. The van der Waals surface area contributed by atoms with Gasteiger partial charge in [0.25, 0.3) is 5.91 Å². The highest BCUT2D eigenvalue weighted by Crippen LogP contribution is 2.35. The molecule has 2 aliphatic rings. The number of benzene rings is 2. The second-order valence-electron chi connectivity index (χ2n) is 13.6. The Morgan fingerprint density at radius 1 is 0.845 bits per heavy atom. The Hall–Kier alpha value is -5.66. The third kappa shape index (κ3) is 12.4. The minimum atomic E-state index is -5.08. The van der Waals surface area contributed by atoms with Crippen LogP contribution < -0.4 is 20.9 Å². The van der Waals surface area contributed by atoms with E-state index in [1.165, 1.54) is 12.1 Å². The smallest absolute Gasteiger partial charge is 0.475 e. The fraction of sp³-hybridized carbons (Fsp3) is 0.385. The SMILES string of the molecule is CCN1CCN(Cc2ccc(NC(=O)c3ccc(C)c(/C=C/c4cnc(Nc5cc(N6CCNCC6)nc(C)n5)cn4)c3)cc2C(F)(F)F)CC1.O=C(O)C(F)(F)F. The normalized spacial score (nSPS) is 15.5. The van der Waals surface area contributed by atoms with Crippen molar-refractivity contribution in [1.29, 1.82) is 0 Å². The molecule has 4 N–H and O–H groups in total. The molecule has 58 heavy (non-hydrogen) atoms. The number of nitrogens with zero attached hydrogens (tertiary/aromatic N) is 7. The van der Waals surface area contributed by atoms with Gasteiger partial charge in [0, 0.05) is 76.2 Å². The molecule has 19 heteroatoms. The first-order chi connectivity index (χ1) is 27.5. The molecule has 2 saturated heterocycles. The van der Waals surface area contributed by atoms with Crippen molar-refractivity contribution in [3.8, 4) is 0 Å². The maximum Gasteiger partial charge on any atom is 0.490 e. The molecule has 0 atom stereocenters. The van der Waals surface area contributed by atoms with E-state index < -0.39 is 29.8 Å². The van der Waals surface area contributed by atoms with Crippen molar-refractivity contribution in [2.45, 2.75) is 39.7 Å². The molecule has 6 rings (SSSR count). The molecule has 2 fully saturated rings. The lowest BCUT2D eigenvalue weighted by molar-refractivity contribution is -0.192. The van der Waals surface area contributed by atoms with Gasteiger partial charge in [-0.1, -0.05) is 25.1 Å². The minimum Gasteiger partial charge on any atom is -0.475 e. The number of amides is 1. The Labute approximate surface area is 331 Å². The first-order valence-corrected chi connectivity index (χ1v) is 18.4. The fourth-order valence-electron chi connectivity index (χ4n) is 6.19. The number of hydrogen-bond donors (Lipinski definition) is 4. The highest BCUT2D eigenvalue weighted by atomic mass is 19.4. The zero-order valence-electron chi connectivity index (χ0n) is 32.1. The van der Waals surface area contributed by atoms with Gasteiger partial charge in [0.2, 0.25) is 0 Å². The van der Waals surface area contributed by atoms with Crippen LogP contribution in [0.2, 0.25) is 0 Å². The molecule has 4 aromatic rings.